The number of nitrogens with zero attached hydrogens (tertiary/aromatic N) is 2. The Balaban J connectivity index is 1.79. The molecule has 4 nitrogen and oxygen atoms in total. The van der Waals surface area contributed by atoms with Crippen molar-refractivity contribution in [1.82, 2.24) is 9.88 Å². The molecule has 0 saturated carbocycles. The van der Waals surface area contributed by atoms with Crippen LogP contribution in [-0.4, -0.2) is 33.5 Å². The van der Waals surface area contributed by atoms with Gasteiger partial charge in [0, 0.05) is 12.7 Å². The number of rotatable bonds is 4. The van der Waals surface area contributed by atoms with Gasteiger partial charge in [-0.25, -0.2) is 0 Å². The molecule has 1 aromatic heterocycles. The zero-order valence-electron chi connectivity index (χ0n) is 15.0. The number of aliphatic hydroxyl groups is 1. The third kappa shape index (κ3) is 3.13. The van der Waals surface area contributed by atoms with E-state index in [1.54, 1.807) is 23.2 Å². The van der Waals surface area contributed by atoms with E-state index in [1.165, 1.54) is 0 Å². The minimum atomic E-state index is -1.27. The van der Waals surface area contributed by atoms with Gasteiger partial charge in [0.25, 0.3) is 5.91 Å². The molecule has 1 fully saturated rings. The molecule has 2 aromatic carbocycles. The second-order valence-corrected chi connectivity index (χ2v) is 6.87. The molecule has 1 unspecified atom stereocenters. The summed E-state index contributed by atoms with van der Waals surface area (Å²) in [6.07, 6.45) is 3.21. The smallest absolute Gasteiger partial charge is 0.272 e. The van der Waals surface area contributed by atoms with Gasteiger partial charge in [0.05, 0.1) is 6.04 Å². The van der Waals surface area contributed by atoms with Crippen molar-refractivity contribution >= 4 is 5.91 Å². The number of likely N-dealkylation sites (tertiary alicyclic amines) is 1. The minimum Gasteiger partial charge on any atom is -0.378 e. The maximum atomic E-state index is 13.1. The van der Waals surface area contributed by atoms with E-state index < -0.39 is 5.60 Å². The van der Waals surface area contributed by atoms with Crippen LogP contribution in [0.3, 0.4) is 0 Å². The molecule has 1 saturated heterocycles. The van der Waals surface area contributed by atoms with Crippen LogP contribution in [0.15, 0.2) is 85.1 Å². The lowest BCUT2D eigenvalue weighted by Gasteiger charge is -2.40. The van der Waals surface area contributed by atoms with Gasteiger partial charge in [-0.05, 0) is 36.1 Å². The van der Waals surface area contributed by atoms with Crippen LogP contribution in [0.1, 0.15) is 34.5 Å². The van der Waals surface area contributed by atoms with Crippen molar-refractivity contribution in [3.05, 3.63) is 102 Å². The highest BCUT2D eigenvalue weighted by atomic mass is 16.3. The molecule has 0 radical (unpaired) electrons. The van der Waals surface area contributed by atoms with E-state index in [2.05, 4.69) is 4.98 Å². The van der Waals surface area contributed by atoms with Crippen molar-refractivity contribution in [2.75, 3.05) is 6.54 Å². The van der Waals surface area contributed by atoms with Crippen LogP contribution in [0.25, 0.3) is 0 Å². The van der Waals surface area contributed by atoms with E-state index in [4.69, 9.17) is 0 Å². The molecule has 1 amide bonds. The summed E-state index contributed by atoms with van der Waals surface area (Å²) < 4.78 is 0. The number of amides is 1. The molecule has 2 heterocycles. The van der Waals surface area contributed by atoms with E-state index in [9.17, 15) is 9.90 Å². The highest BCUT2D eigenvalue weighted by Crippen LogP contribution is 2.40. The topological polar surface area (TPSA) is 53.4 Å². The van der Waals surface area contributed by atoms with Crippen LogP contribution in [0.2, 0.25) is 0 Å². The molecule has 1 atom stereocenters. The third-order valence-corrected chi connectivity index (χ3v) is 5.31. The summed E-state index contributed by atoms with van der Waals surface area (Å²) >= 11 is 0. The van der Waals surface area contributed by atoms with E-state index in [1.807, 2.05) is 66.7 Å². The maximum Gasteiger partial charge on any atom is 0.272 e. The van der Waals surface area contributed by atoms with Crippen molar-refractivity contribution in [3.63, 3.8) is 0 Å². The van der Waals surface area contributed by atoms with Gasteiger partial charge in [-0.2, -0.15) is 0 Å². The van der Waals surface area contributed by atoms with Gasteiger partial charge in [0.2, 0.25) is 0 Å². The lowest BCUT2D eigenvalue weighted by atomic mass is 9.79. The molecular formula is C23H22N2O2. The summed E-state index contributed by atoms with van der Waals surface area (Å²) in [4.78, 5) is 19.1. The Hall–Kier alpha value is -2.98. The van der Waals surface area contributed by atoms with Crippen molar-refractivity contribution in [2.24, 2.45) is 0 Å². The van der Waals surface area contributed by atoms with Crippen LogP contribution in [0.4, 0.5) is 0 Å². The number of hydrogen-bond donors (Lipinski definition) is 1. The molecule has 3 aromatic rings. The van der Waals surface area contributed by atoms with Crippen LogP contribution in [-0.2, 0) is 5.60 Å². The highest BCUT2D eigenvalue weighted by molar-refractivity contribution is 5.92. The SMILES string of the molecule is O=C(c1ccccn1)N1CCCC1C(O)(c1ccccc1)c1ccccc1. The zero-order valence-corrected chi connectivity index (χ0v) is 15.0. The van der Waals surface area contributed by atoms with Crippen LogP contribution in [0, 0.1) is 0 Å². The number of carbonyl (C=O) groups is 1. The lowest BCUT2D eigenvalue weighted by molar-refractivity contribution is -0.000936. The Labute approximate surface area is 159 Å². The Bertz CT molecular complexity index is 858. The highest BCUT2D eigenvalue weighted by Gasteiger charge is 2.47. The summed E-state index contributed by atoms with van der Waals surface area (Å²) in [5, 5.41) is 12.0. The van der Waals surface area contributed by atoms with Gasteiger partial charge >= 0.3 is 0 Å². The average molecular weight is 358 g/mol. The van der Waals surface area contributed by atoms with Gasteiger partial charge in [-0.1, -0.05) is 66.7 Å². The van der Waals surface area contributed by atoms with Crippen LogP contribution < -0.4 is 0 Å². The first-order valence-corrected chi connectivity index (χ1v) is 9.26. The van der Waals surface area contributed by atoms with Crippen molar-refractivity contribution < 1.29 is 9.90 Å². The van der Waals surface area contributed by atoms with Crippen molar-refractivity contribution in [1.29, 1.82) is 0 Å². The molecule has 1 N–H and O–H groups in total. The molecule has 136 valence electrons. The monoisotopic (exact) mass is 358 g/mol. The molecule has 27 heavy (non-hydrogen) atoms. The van der Waals surface area contributed by atoms with E-state index >= 15 is 0 Å². The normalized spacial score (nSPS) is 17.1. The number of pyridine rings is 1. The largest absolute Gasteiger partial charge is 0.378 e. The minimum absolute atomic E-state index is 0.136. The standard InChI is InChI=1S/C23H22N2O2/c26-22(20-14-7-8-16-24-20)25-17-9-15-21(25)23(27,18-10-3-1-4-11-18)19-12-5-2-6-13-19/h1-8,10-14,16,21,27H,9,15,17H2. The van der Waals surface area contributed by atoms with E-state index in [0.29, 0.717) is 12.2 Å². The third-order valence-electron chi connectivity index (χ3n) is 5.31. The Kier molecular flexibility index (Phi) is 4.73. The van der Waals surface area contributed by atoms with Crippen molar-refractivity contribution in [3.8, 4) is 0 Å². The van der Waals surface area contributed by atoms with Gasteiger partial charge in [0.15, 0.2) is 0 Å². The Morgan fingerprint density at radius 1 is 0.926 bits per heavy atom. The fraction of sp³-hybridized carbons (Fsp3) is 0.217. The molecular weight excluding hydrogens is 336 g/mol. The first kappa shape index (κ1) is 17.4. The lowest BCUT2D eigenvalue weighted by Crippen LogP contribution is -2.50. The fourth-order valence-corrected chi connectivity index (χ4v) is 4.02. The summed E-state index contributed by atoms with van der Waals surface area (Å²) in [6.45, 7) is 0.613. The van der Waals surface area contributed by atoms with Gasteiger partial charge in [0.1, 0.15) is 11.3 Å². The second-order valence-electron chi connectivity index (χ2n) is 6.87. The van der Waals surface area contributed by atoms with Crippen LogP contribution >= 0.6 is 0 Å². The first-order chi connectivity index (χ1) is 13.2. The van der Waals surface area contributed by atoms with Crippen molar-refractivity contribution in [2.45, 2.75) is 24.5 Å². The Morgan fingerprint density at radius 2 is 1.52 bits per heavy atom. The summed E-state index contributed by atoms with van der Waals surface area (Å²) in [7, 11) is 0. The quantitative estimate of drug-likeness (QED) is 0.775. The number of aromatic nitrogens is 1. The molecule has 1 aliphatic rings. The van der Waals surface area contributed by atoms with Crippen LogP contribution in [0.5, 0.6) is 0 Å². The molecule has 4 heteroatoms. The van der Waals surface area contributed by atoms with Gasteiger partial charge in [-0.15, -0.1) is 0 Å². The average Bonchev–Trinajstić information content (AvgIpc) is 3.25. The Morgan fingerprint density at radius 3 is 2.07 bits per heavy atom. The number of hydrogen-bond acceptors (Lipinski definition) is 3. The summed E-state index contributed by atoms with van der Waals surface area (Å²) in [5.41, 5.74) is 0.723. The zero-order chi connectivity index (χ0) is 18.7. The molecule has 0 aliphatic carbocycles. The van der Waals surface area contributed by atoms with Gasteiger partial charge in [-0.3, -0.25) is 9.78 Å². The van der Waals surface area contributed by atoms with E-state index in [-0.39, 0.29) is 11.9 Å². The molecule has 4 rings (SSSR count). The second kappa shape index (κ2) is 7.33. The summed E-state index contributed by atoms with van der Waals surface area (Å²) in [6, 6.07) is 24.2. The van der Waals surface area contributed by atoms with Gasteiger partial charge < -0.3 is 10.0 Å². The number of carbonyl (C=O) groups excluding carboxylic acids is 1. The van der Waals surface area contributed by atoms with E-state index in [0.717, 1.165) is 24.0 Å². The summed E-state index contributed by atoms with van der Waals surface area (Å²) in [5.74, 6) is -0.136. The fourth-order valence-electron chi connectivity index (χ4n) is 4.02. The number of benzene rings is 2. The molecule has 1 aliphatic heterocycles. The maximum absolute atomic E-state index is 13.1. The predicted molar refractivity (Wildman–Crippen MR) is 104 cm³/mol. The first-order valence-electron chi connectivity index (χ1n) is 9.26. The molecule has 0 bridgehead atoms. The molecule has 0 spiro atoms. The predicted octanol–water partition coefficient (Wildman–Crippen LogP) is 3.62.